The molecule has 0 aliphatic carbocycles. The summed E-state index contributed by atoms with van der Waals surface area (Å²) in [5.74, 6) is 0.522. The van der Waals surface area contributed by atoms with Crippen molar-refractivity contribution in [1.82, 2.24) is 14.2 Å². The van der Waals surface area contributed by atoms with Gasteiger partial charge in [-0.3, -0.25) is 4.90 Å². The smallest absolute Gasteiger partial charge is 0.240 e. The minimum atomic E-state index is -3.62. The molecule has 152 valence electrons. The van der Waals surface area contributed by atoms with Crippen LogP contribution in [0.25, 0.3) is 0 Å². The topological polar surface area (TPSA) is 63.6 Å². The maximum atomic E-state index is 12.8. The molecule has 1 unspecified atom stereocenters. The Kier molecular flexibility index (Phi) is 5.71. The lowest BCUT2D eigenvalue weighted by Gasteiger charge is -2.37. The van der Waals surface area contributed by atoms with Crippen LogP contribution in [0.1, 0.15) is 11.3 Å². The normalized spacial score (nSPS) is 17.1. The second kappa shape index (κ2) is 8.41. The number of hydrogen-bond acceptors (Lipinski definition) is 4. The maximum Gasteiger partial charge on any atom is 0.240 e. The average Bonchev–Trinajstić information content (AvgIpc) is 3.20. The van der Waals surface area contributed by atoms with E-state index in [4.69, 9.17) is 4.74 Å². The van der Waals surface area contributed by atoms with Crippen LogP contribution in [-0.4, -0.2) is 37.6 Å². The van der Waals surface area contributed by atoms with Crippen molar-refractivity contribution in [2.24, 2.45) is 0 Å². The summed E-state index contributed by atoms with van der Waals surface area (Å²) in [6.07, 6.45) is 2.05. The van der Waals surface area contributed by atoms with E-state index in [0.29, 0.717) is 12.3 Å². The van der Waals surface area contributed by atoms with E-state index in [9.17, 15) is 8.42 Å². The summed E-state index contributed by atoms with van der Waals surface area (Å²) < 4.78 is 35.8. The maximum absolute atomic E-state index is 12.8. The van der Waals surface area contributed by atoms with Crippen LogP contribution in [0.15, 0.2) is 77.8 Å². The molecule has 4 rings (SSSR count). The molecule has 0 saturated carbocycles. The molecular formula is C22H25N3O3S. The zero-order valence-corrected chi connectivity index (χ0v) is 17.2. The Bertz CT molecular complexity index is 1060. The number of hydrogen-bond donors (Lipinski definition) is 1. The van der Waals surface area contributed by atoms with E-state index in [1.54, 1.807) is 18.2 Å². The predicted molar refractivity (Wildman–Crippen MR) is 112 cm³/mol. The highest BCUT2D eigenvalue weighted by molar-refractivity contribution is 7.89. The fourth-order valence-corrected chi connectivity index (χ4v) is 4.81. The van der Waals surface area contributed by atoms with Crippen molar-refractivity contribution in [3.05, 3.63) is 84.2 Å². The van der Waals surface area contributed by atoms with Crippen LogP contribution in [0, 0.1) is 0 Å². The van der Waals surface area contributed by atoms with E-state index in [1.807, 2.05) is 24.3 Å². The summed E-state index contributed by atoms with van der Waals surface area (Å²) in [6.45, 7) is 2.64. The van der Waals surface area contributed by atoms with Gasteiger partial charge in [0.2, 0.25) is 10.0 Å². The monoisotopic (exact) mass is 411 g/mol. The van der Waals surface area contributed by atoms with E-state index < -0.39 is 10.0 Å². The van der Waals surface area contributed by atoms with Gasteiger partial charge >= 0.3 is 0 Å². The Labute approximate surface area is 171 Å². The number of methoxy groups -OCH3 is 1. The summed E-state index contributed by atoms with van der Waals surface area (Å²) in [5.41, 5.74) is 2.46. The number of nitrogens with zero attached hydrogens (tertiary/aromatic N) is 2. The SMILES string of the molecule is COc1cccc(S(=O)(=O)NCC2Cn3cccc3CN2Cc2ccccc2)c1. The lowest BCUT2D eigenvalue weighted by Crippen LogP contribution is -2.48. The zero-order chi connectivity index (χ0) is 20.3. The third-order valence-corrected chi connectivity index (χ3v) is 6.72. The van der Waals surface area contributed by atoms with Crippen LogP contribution < -0.4 is 9.46 Å². The third kappa shape index (κ3) is 4.53. The Hall–Kier alpha value is -2.61. The first-order valence-corrected chi connectivity index (χ1v) is 11.1. The van der Waals surface area contributed by atoms with Gasteiger partial charge < -0.3 is 9.30 Å². The molecule has 0 fully saturated rings. The number of sulfonamides is 1. The highest BCUT2D eigenvalue weighted by Gasteiger charge is 2.27. The number of aromatic nitrogens is 1. The first-order valence-electron chi connectivity index (χ1n) is 9.61. The molecule has 3 aromatic rings. The largest absolute Gasteiger partial charge is 0.497 e. The minimum absolute atomic E-state index is 0.0514. The van der Waals surface area contributed by atoms with Crippen molar-refractivity contribution in [3.63, 3.8) is 0 Å². The van der Waals surface area contributed by atoms with Gasteiger partial charge in [0.05, 0.1) is 12.0 Å². The minimum Gasteiger partial charge on any atom is -0.497 e. The van der Waals surface area contributed by atoms with Crippen molar-refractivity contribution in [3.8, 4) is 5.75 Å². The molecule has 1 N–H and O–H groups in total. The fourth-order valence-electron chi connectivity index (χ4n) is 3.70. The van der Waals surface area contributed by atoms with Gasteiger partial charge in [-0.05, 0) is 29.8 Å². The van der Waals surface area contributed by atoms with Crippen LogP contribution in [-0.2, 0) is 29.7 Å². The standard InChI is InChI=1S/C22H25N3O3S/c1-28-21-10-5-11-22(13-21)29(26,27)23-14-20-17-24-12-6-9-19(24)16-25(20)15-18-7-3-2-4-8-18/h2-13,20,23H,14-17H2,1H3. The molecule has 0 amide bonds. The molecular weight excluding hydrogens is 386 g/mol. The predicted octanol–water partition coefficient (Wildman–Crippen LogP) is 2.86. The van der Waals surface area contributed by atoms with Gasteiger partial charge in [0.1, 0.15) is 5.75 Å². The molecule has 0 bridgehead atoms. The van der Waals surface area contributed by atoms with E-state index in [2.05, 4.69) is 38.6 Å². The molecule has 1 aliphatic rings. The first-order chi connectivity index (χ1) is 14.0. The Morgan fingerprint density at radius 2 is 1.90 bits per heavy atom. The number of rotatable bonds is 7. The number of benzene rings is 2. The van der Waals surface area contributed by atoms with E-state index in [1.165, 1.54) is 24.4 Å². The van der Waals surface area contributed by atoms with E-state index in [0.717, 1.165) is 19.6 Å². The van der Waals surface area contributed by atoms with Crippen molar-refractivity contribution in [2.75, 3.05) is 13.7 Å². The highest BCUT2D eigenvalue weighted by Crippen LogP contribution is 2.22. The Morgan fingerprint density at radius 1 is 1.07 bits per heavy atom. The van der Waals surface area contributed by atoms with Crippen molar-refractivity contribution >= 4 is 10.0 Å². The lowest BCUT2D eigenvalue weighted by atomic mass is 10.1. The second-order valence-corrected chi connectivity index (χ2v) is 8.99. The molecule has 1 aliphatic heterocycles. The molecule has 1 aromatic heterocycles. The van der Waals surface area contributed by atoms with E-state index >= 15 is 0 Å². The summed E-state index contributed by atoms with van der Waals surface area (Å²) in [7, 11) is -2.09. The molecule has 6 nitrogen and oxygen atoms in total. The van der Waals surface area contributed by atoms with Gasteiger partial charge in [0, 0.05) is 50.2 Å². The molecule has 0 saturated heterocycles. The van der Waals surface area contributed by atoms with Crippen LogP contribution in [0.4, 0.5) is 0 Å². The van der Waals surface area contributed by atoms with Gasteiger partial charge in [0.25, 0.3) is 0 Å². The van der Waals surface area contributed by atoms with Gasteiger partial charge in [-0.1, -0.05) is 36.4 Å². The molecule has 29 heavy (non-hydrogen) atoms. The molecule has 2 heterocycles. The highest BCUT2D eigenvalue weighted by atomic mass is 32.2. The van der Waals surface area contributed by atoms with Gasteiger partial charge in [-0.15, -0.1) is 0 Å². The van der Waals surface area contributed by atoms with Crippen LogP contribution >= 0.6 is 0 Å². The summed E-state index contributed by atoms with van der Waals surface area (Å²) in [5, 5.41) is 0. The van der Waals surface area contributed by atoms with Gasteiger partial charge in [0.15, 0.2) is 0 Å². The number of nitrogens with one attached hydrogen (secondary N) is 1. The van der Waals surface area contributed by atoms with Crippen LogP contribution in [0.2, 0.25) is 0 Å². The van der Waals surface area contributed by atoms with Crippen molar-refractivity contribution < 1.29 is 13.2 Å². The number of fused-ring (bicyclic) bond motifs is 1. The lowest BCUT2D eigenvalue weighted by molar-refractivity contribution is 0.133. The van der Waals surface area contributed by atoms with Gasteiger partial charge in [-0.25, -0.2) is 13.1 Å². The van der Waals surface area contributed by atoms with Gasteiger partial charge in [-0.2, -0.15) is 0 Å². The number of ether oxygens (including phenoxy) is 1. The quantitative estimate of drug-likeness (QED) is 0.649. The summed E-state index contributed by atoms with van der Waals surface area (Å²) >= 11 is 0. The average molecular weight is 412 g/mol. The third-order valence-electron chi connectivity index (χ3n) is 5.30. The molecule has 0 spiro atoms. The second-order valence-electron chi connectivity index (χ2n) is 7.23. The molecule has 1 atom stereocenters. The molecule has 2 aromatic carbocycles. The summed E-state index contributed by atoms with van der Waals surface area (Å²) in [6, 6.07) is 21.0. The first kappa shape index (κ1) is 19.7. The fraction of sp³-hybridized carbons (Fsp3) is 0.273. The van der Waals surface area contributed by atoms with Crippen molar-refractivity contribution in [2.45, 2.75) is 30.6 Å². The van der Waals surface area contributed by atoms with Crippen LogP contribution in [0.3, 0.4) is 0 Å². The molecule has 0 radical (unpaired) electrons. The van der Waals surface area contributed by atoms with Crippen LogP contribution in [0.5, 0.6) is 5.75 Å². The van der Waals surface area contributed by atoms with Crippen molar-refractivity contribution in [1.29, 1.82) is 0 Å². The van der Waals surface area contributed by atoms with E-state index in [-0.39, 0.29) is 10.9 Å². The summed E-state index contributed by atoms with van der Waals surface area (Å²) in [4.78, 5) is 2.54. The Morgan fingerprint density at radius 3 is 2.69 bits per heavy atom. The zero-order valence-electron chi connectivity index (χ0n) is 16.4. The Balaban J connectivity index is 1.51. The molecule has 7 heteroatoms.